The van der Waals surface area contributed by atoms with Crippen LogP contribution in [0.1, 0.15) is 23.7 Å². The van der Waals surface area contributed by atoms with Crippen molar-refractivity contribution in [3.8, 4) is 0 Å². The van der Waals surface area contributed by atoms with E-state index < -0.39 is 60.9 Å². The van der Waals surface area contributed by atoms with Crippen molar-refractivity contribution in [3.63, 3.8) is 0 Å². The summed E-state index contributed by atoms with van der Waals surface area (Å²) in [6.07, 6.45) is -0.490. The Balaban J connectivity index is 0.00000380. The minimum absolute atomic E-state index is 0. The number of para-hydroxylation sites is 2. The Morgan fingerprint density at radius 1 is 1.00 bits per heavy atom. The van der Waals surface area contributed by atoms with Crippen molar-refractivity contribution in [2.45, 2.75) is 31.5 Å². The van der Waals surface area contributed by atoms with Crippen LogP contribution in [0, 0.1) is 44.1 Å². The molecule has 1 unspecified atom stereocenters. The maximum Gasteiger partial charge on any atom is 0.308 e. The maximum absolute atomic E-state index is 13.7. The summed E-state index contributed by atoms with van der Waals surface area (Å²) in [5.41, 5.74) is 0.890. The van der Waals surface area contributed by atoms with E-state index in [1.54, 1.807) is 61.5 Å². The van der Waals surface area contributed by atoms with Gasteiger partial charge in [-0.3, -0.25) is 28.9 Å². The Hall–Kier alpha value is -2.81. The van der Waals surface area contributed by atoms with Crippen LogP contribution in [-0.2, 0) is 23.9 Å². The Morgan fingerprint density at radius 3 is 2.27 bits per heavy atom. The van der Waals surface area contributed by atoms with E-state index >= 15 is 0 Å². The fourth-order valence-electron chi connectivity index (χ4n) is 4.26. The van der Waals surface area contributed by atoms with Gasteiger partial charge in [-0.05, 0) is 31.2 Å². The predicted octanol–water partition coefficient (Wildman–Crippen LogP) is -0.0227. The average molecular weight is 722 g/mol. The molecule has 2 aliphatic heterocycles. The van der Waals surface area contributed by atoms with Crippen molar-refractivity contribution in [1.82, 2.24) is 10.6 Å². The van der Waals surface area contributed by atoms with E-state index in [9.17, 15) is 29.1 Å². The number of rotatable bonds is 6. The number of anilines is 2. The Morgan fingerprint density at radius 2 is 1.65 bits per heavy atom. The predicted molar refractivity (Wildman–Crippen MR) is 128 cm³/mol. The fourth-order valence-corrected chi connectivity index (χ4v) is 4.26. The second-order valence-electron chi connectivity index (χ2n) is 8.54. The van der Waals surface area contributed by atoms with Crippen molar-refractivity contribution < 1.29 is 77.9 Å². The van der Waals surface area contributed by atoms with E-state index in [-0.39, 0.29) is 62.7 Å². The summed E-state index contributed by atoms with van der Waals surface area (Å²) >= 11 is 0. The van der Waals surface area contributed by atoms with E-state index in [0.717, 1.165) is 0 Å². The summed E-state index contributed by atoms with van der Waals surface area (Å²) in [7, 11) is 0. The number of amides is 4. The number of ether oxygens (including phenoxy) is 1. The maximum atomic E-state index is 13.7. The van der Waals surface area contributed by atoms with Gasteiger partial charge < -0.3 is 25.4 Å². The molecule has 0 saturated carbocycles. The van der Waals surface area contributed by atoms with Crippen LogP contribution in [-0.4, -0.2) is 72.6 Å². The summed E-state index contributed by atoms with van der Waals surface area (Å²) < 4.78 is 5.07. The molecule has 2 aromatic carbocycles. The molecule has 0 aliphatic carbocycles. The van der Waals surface area contributed by atoms with Gasteiger partial charge in [0.1, 0.15) is 25.3 Å². The van der Waals surface area contributed by atoms with Crippen LogP contribution in [0.25, 0.3) is 0 Å². The standard InChI is InChI=1S/C25H26N4O7.Ac/c1-15-17(11-23(33)36-15)26-21(31)13-29-20-10-6-5-9-19(20)28(22(32)14-30)12-18(25(29)35)27-24(34)16-7-3-2-4-8-16;/h2-10,15,17-18,30H,11-14H2,1H3,(H,26,31)(H,27,34);/t15?,17-,18-;/m0./s1. The Bertz CT molecular complexity index is 1190. The number of carbonyl (C=O) groups excluding carboxylic acids is 5. The van der Waals surface area contributed by atoms with Gasteiger partial charge in [0.15, 0.2) is 0 Å². The zero-order chi connectivity index (χ0) is 25.8. The van der Waals surface area contributed by atoms with Gasteiger partial charge in [-0.25, -0.2) is 0 Å². The van der Waals surface area contributed by atoms with Crippen molar-refractivity contribution >= 4 is 41.0 Å². The van der Waals surface area contributed by atoms with Gasteiger partial charge >= 0.3 is 5.97 Å². The van der Waals surface area contributed by atoms with Crippen LogP contribution in [0.5, 0.6) is 0 Å². The average Bonchev–Trinajstić information content (AvgIpc) is 3.14. The van der Waals surface area contributed by atoms with E-state index in [2.05, 4.69) is 10.6 Å². The number of benzene rings is 2. The SMILES string of the molecule is CC1OC(=O)C[C@@H]1NC(=O)CN1C(=O)[C@@H](NC(=O)c2ccccc2)CN(C(=O)CO)c2ccccc21.[Ac]. The van der Waals surface area contributed by atoms with Crippen LogP contribution in [0.4, 0.5) is 11.4 Å². The number of aliphatic hydroxyl groups excluding tert-OH is 1. The van der Waals surface area contributed by atoms with E-state index in [4.69, 9.17) is 4.74 Å². The monoisotopic (exact) mass is 721 g/mol. The molecule has 1 fully saturated rings. The van der Waals surface area contributed by atoms with E-state index in [0.29, 0.717) is 11.3 Å². The van der Waals surface area contributed by atoms with Gasteiger partial charge in [-0.2, -0.15) is 0 Å². The molecule has 0 spiro atoms. The quantitative estimate of drug-likeness (QED) is 0.356. The first-order valence-corrected chi connectivity index (χ1v) is 11.4. The number of hydrogen-bond donors (Lipinski definition) is 3. The molecule has 11 nitrogen and oxygen atoms in total. The first-order chi connectivity index (χ1) is 17.3. The van der Waals surface area contributed by atoms with Gasteiger partial charge in [-0.1, -0.05) is 30.3 Å². The minimum Gasteiger partial charge on any atom is -0.460 e. The summed E-state index contributed by atoms with van der Waals surface area (Å²) in [6, 6.07) is 13.0. The third-order valence-corrected chi connectivity index (χ3v) is 6.09. The molecule has 12 heteroatoms. The Kier molecular flexibility index (Phi) is 9.81. The number of fused-ring (bicyclic) bond motifs is 1. The van der Waals surface area contributed by atoms with Crippen LogP contribution < -0.4 is 20.4 Å². The first kappa shape index (κ1) is 28.8. The van der Waals surface area contributed by atoms with Gasteiger partial charge in [0.05, 0.1) is 30.4 Å². The molecular weight excluding hydrogens is 695 g/mol. The molecule has 37 heavy (non-hydrogen) atoms. The number of nitrogens with zero attached hydrogens (tertiary/aromatic N) is 2. The first-order valence-electron chi connectivity index (χ1n) is 11.4. The normalized spacial score (nSPS) is 20.8. The van der Waals surface area contributed by atoms with Crippen LogP contribution in [0.15, 0.2) is 54.6 Å². The third kappa shape index (κ3) is 6.55. The summed E-state index contributed by atoms with van der Waals surface area (Å²) in [5.74, 6) is -2.77. The van der Waals surface area contributed by atoms with Gasteiger partial charge in [0.2, 0.25) is 5.91 Å². The molecule has 4 rings (SSSR count). The molecule has 4 amide bonds. The van der Waals surface area contributed by atoms with E-state index in [1.165, 1.54) is 9.80 Å². The summed E-state index contributed by atoms with van der Waals surface area (Å²) in [4.78, 5) is 66.0. The molecular formula is C25H26AcN4O7. The fraction of sp³-hybridized carbons (Fsp3) is 0.320. The summed E-state index contributed by atoms with van der Waals surface area (Å²) in [6.45, 7) is 0.186. The zero-order valence-electron chi connectivity index (χ0n) is 20.1. The number of cyclic esters (lactones) is 1. The molecule has 1 radical (unpaired) electrons. The summed E-state index contributed by atoms with van der Waals surface area (Å²) in [5, 5.41) is 14.9. The van der Waals surface area contributed by atoms with E-state index in [1.807, 2.05) is 0 Å². The topological polar surface area (TPSA) is 145 Å². The third-order valence-electron chi connectivity index (χ3n) is 6.09. The van der Waals surface area contributed by atoms with Crippen LogP contribution in [0.2, 0.25) is 0 Å². The zero-order valence-corrected chi connectivity index (χ0v) is 24.9. The number of carbonyl (C=O) groups is 5. The number of aliphatic hydroxyl groups is 1. The molecule has 191 valence electrons. The van der Waals surface area contributed by atoms with Crippen molar-refractivity contribution in [1.29, 1.82) is 0 Å². The second-order valence-corrected chi connectivity index (χ2v) is 8.54. The number of nitrogens with one attached hydrogen (secondary N) is 2. The molecule has 3 N–H and O–H groups in total. The number of hydrogen-bond acceptors (Lipinski definition) is 7. The molecule has 2 heterocycles. The molecule has 2 aromatic rings. The second kappa shape index (κ2) is 12.6. The van der Waals surface area contributed by atoms with Crippen molar-refractivity contribution in [3.05, 3.63) is 60.2 Å². The molecule has 0 aromatic heterocycles. The van der Waals surface area contributed by atoms with Crippen molar-refractivity contribution in [2.24, 2.45) is 0 Å². The van der Waals surface area contributed by atoms with Gasteiger partial charge in [-0.15, -0.1) is 0 Å². The molecule has 2 aliphatic rings. The van der Waals surface area contributed by atoms with Crippen LogP contribution >= 0.6 is 0 Å². The number of esters is 1. The van der Waals surface area contributed by atoms with Crippen LogP contribution in [0.3, 0.4) is 0 Å². The van der Waals surface area contributed by atoms with Gasteiger partial charge in [0, 0.05) is 49.6 Å². The molecule has 1 saturated heterocycles. The largest absolute Gasteiger partial charge is 0.460 e. The minimum atomic E-state index is -1.20. The molecule has 0 bridgehead atoms. The molecule has 3 atom stereocenters. The van der Waals surface area contributed by atoms with Gasteiger partial charge in [0.25, 0.3) is 17.7 Å². The smallest absolute Gasteiger partial charge is 0.308 e. The van der Waals surface area contributed by atoms with Crippen molar-refractivity contribution in [2.75, 3.05) is 29.5 Å². The Labute approximate surface area is 249 Å².